The summed E-state index contributed by atoms with van der Waals surface area (Å²) in [6, 6.07) is 11.2. The fourth-order valence-electron chi connectivity index (χ4n) is 2.16. The van der Waals surface area contributed by atoms with Gasteiger partial charge in [0.15, 0.2) is 0 Å². The van der Waals surface area contributed by atoms with Crippen LogP contribution < -0.4 is 4.31 Å². The fraction of sp³-hybridized carbons (Fsp3) is 0.188. The first-order valence-corrected chi connectivity index (χ1v) is 8.60. The van der Waals surface area contributed by atoms with Crippen molar-refractivity contribution in [1.82, 2.24) is 0 Å². The van der Waals surface area contributed by atoms with E-state index in [-0.39, 0.29) is 16.3 Å². The minimum absolute atomic E-state index is 0.261. The summed E-state index contributed by atoms with van der Waals surface area (Å²) in [5, 5.41) is 10.9. The SMILES string of the molecule is COC(=O)CN(c1cccc(C)c1)S(=O)(=O)c1cccc([N+](=O)[O-])c1. The standard InChI is InChI=1S/C16H16N2O6S/c1-12-5-3-6-13(9-12)17(11-16(19)24-2)25(22,23)15-8-4-7-14(10-15)18(20)21/h3-10H,11H2,1-2H3. The quantitative estimate of drug-likeness (QED) is 0.442. The van der Waals surface area contributed by atoms with Crippen LogP contribution in [0.2, 0.25) is 0 Å². The molecule has 0 heterocycles. The van der Waals surface area contributed by atoms with Crippen LogP contribution in [0, 0.1) is 17.0 Å². The second-order valence-electron chi connectivity index (χ2n) is 5.18. The van der Waals surface area contributed by atoms with E-state index in [9.17, 15) is 23.3 Å². The molecule has 0 N–H and O–H groups in total. The highest BCUT2D eigenvalue weighted by Gasteiger charge is 2.28. The number of anilines is 1. The maximum Gasteiger partial charge on any atom is 0.326 e. The van der Waals surface area contributed by atoms with Gasteiger partial charge in [0.2, 0.25) is 0 Å². The van der Waals surface area contributed by atoms with Gasteiger partial charge in [0.1, 0.15) is 6.54 Å². The lowest BCUT2D eigenvalue weighted by Crippen LogP contribution is -2.36. The summed E-state index contributed by atoms with van der Waals surface area (Å²) in [4.78, 5) is 21.6. The molecule has 0 amide bonds. The molecular weight excluding hydrogens is 348 g/mol. The average molecular weight is 364 g/mol. The largest absolute Gasteiger partial charge is 0.468 e. The molecule has 0 aromatic heterocycles. The Morgan fingerprint density at radius 1 is 1.20 bits per heavy atom. The second kappa shape index (κ2) is 7.31. The van der Waals surface area contributed by atoms with Crippen molar-refractivity contribution in [1.29, 1.82) is 0 Å². The van der Waals surface area contributed by atoms with E-state index in [0.717, 1.165) is 23.0 Å². The Bertz CT molecular complexity index is 910. The summed E-state index contributed by atoms with van der Waals surface area (Å²) in [6.07, 6.45) is 0. The molecule has 25 heavy (non-hydrogen) atoms. The Morgan fingerprint density at radius 3 is 2.48 bits per heavy atom. The van der Waals surface area contributed by atoms with Crippen molar-refractivity contribution < 1.29 is 22.9 Å². The molecule has 0 aliphatic heterocycles. The minimum Gasteiger partial charge on any atom is -0.468 e. The summed E-state index contributed by atoms with van der Waals surface area (Å²) in [6.45, 7) is 1.23. The van der Waals surface area contributed by atoms with Gasteiger partial charge in [-0.25, -0.2) is 8.42 Å². The molecule has 0 radical (unpaired) electrons. The van der Waals surface area contributed by atoms with Gasteiger partial charge < -0.3 is 4.74 Å². The van der Waals surface area contributed by atoms with Crippen LogP contribution in [-0.4, -0.2) is 33.0 Å². The topological polar surface area (TPSA) is 107 Å². The predicted octanol–water partition coefficient (Wildman–Crippen LogP) is 2.27. The molecule has 0 aliphatic carbocycles. The van der Waals surface area contributed by atoms with Crippen molar-refractivity contribution in [2.45, 2.75) is 11.8 Å². The number of aryl methyl sites for hydroxylation is 1. The minimum atomic E-state index is -4.20. The Balaban J connectivity index is 2.57. The molecule has 0 unspecified atom stereocenters. The van der Waals surface area contributed by atoms with Gasteiger partial charge in [0.05, 0.1) is 22.6 Å². The van der Waals surface area contributed by atoms with Gasteiger partial charge in [0, 0.05) is 12.1 Å². The zero-order valence-corrected chi connectivity index (χ0v) is 14.4. The fourth-order valence-corrected chi connectivity index (χ4v) is 3.61. The number of carbonyl (C=O) groups is 1. The van der Waals surface area contributed by atoms with E-state index in [1.807, 2.05) is 0 Å². The summed E-state index contributed by atoms with van der Waals surface area (Å²) in [7, 11) is -3.05. The molecule has 2 rings (SSSR count). The maximum absolute atomic E-state index is 13.0. The zero-order chi connectivity index (χ0) is 18.6. The zero-order valence-electron chi connectivity index (χ0n) is 13.6. The summed E-state index contributed by atoms with van der Waals surface area (Å²) >= 11 is 0. The highest BCUT2D eigenvalue weighted by atomic mass is 32.2. The third-order valence-corrected chi connectivity index (χ3v) is 5.18. The lowest BCUT2D eigenvalue weighted by Gasteiger charge is -2.23. The molecule has 2 aromatic carbocycles. The number of ether oxygens (including phenoxy) is 1. The third kappa shape index (κ3) is 4.13. The van der Waals surface area contributed by atoms with Crippen LogP contribution in [0.15, 0.2) is 53.4 Å². The summed E-state index contributed by atoms with van der Waals surface area (Å²) in [5.41, 5.74) is 0.696. The van der Waals surface area contributed by atoms with Gasteiger partial charge in [-0.3, -0.25) is 19.2 Å². The molecule has 132 valence electrons. The number of non-ortho nitro benzene ring substituents is 1. The molecule has 0 spiro atoms. The van der Waals surface area contributed by atoms with Crippen LogP contribution in [0.25, 0.3) is 0 Å². The highest BCUT2D eigenvalue weighted by molar-refractivity contribution is 7.92. The molecule has 2 aromatic rings. The molecular formula is C16H16N2O6S. The Hall–Kier alpha value is -2.94. The monoisotopic (exact) mass is 364 g/mol. The number of benzene rings is 2. The second-order valence-corrected chi connectivity index (χ2v) is 7.04. The summed E-state index contributed by atoms with van der Waals surface area (Å²) < 4.78 is 31.4. The van der Waals surface area contributed by atoms with Crippen molar-refractivity contribution in [3.8, 4) is 0 Å². The number of hydrogen-bond acceptors (Lipinski definition) is 6. The van der Waals surface area contributed by atoms with Crippen LogP contribution in [0.3, 0.4) is 0 Å². The number of carbonyl (C=O) groups excluding carboxylic acids is 1. The number of sulfonamides is 1. The molecule has 0 aliphatic rings. The highest BCUT2D eigenvalue weighted by Crippen LogP contribution is 2.26. The molecule has 0 bridgehead atoms. The van der Waals surface area contributed by atoms with E-state index < -0.39 is 27.5 Å². The van der Waals surface area contributed by atoms with Crippen LogP contribution in [0.4, 0.5) is 11.4 Å². The van der Waals surface area contributed by atoms with Crippen LogP contribution in [0.1, 0.15) is 5.56 Å². The predicted molar refractivity (Wildman–Crippen MR) is 90.8 cm³/mol. The first-order chi connectivity index (χ1) is 11.8. The molecule has 0 saturated heterocycles. The van der Waals surface area contributed by atoms with E-state index >= 15 is 0 Å². The Kier molecular flexibility index (Phi) is 5.38. The number of hydrogen-bond donors (Lipinski definition) is 0. The number of nitro benzene ring substituents is 1. The molecule has 0 fully saturated rings. The maximum atomic E-state index is 13.0. The lowest BCUT2D eigenvalue weighted by atomic mass is 10.2. The molecule has 8 nitrogen and oxygen atoms in total. The third-order valence-electron chi connectivity index (χ3n) is 3.41. The number of nitro groups is 1. The van der Waals surface area contributed by atoms with Crippen LogP contribution >= 0.6 is 0 Å². The van der Waals surface area contributed by atoms with Crippen molar-refractivity contribution in [2.75, 3.05) is 18.0 Å². The van der Waals surface area contributed by atoms with Crippen molar-refractivity contribution in [2.24, 2.45) is 0 Å². The summed E-state index contributed by atoms with van der Waals surface area (Å²) in [5.74, 6) is -0.754. The number of rotatable bonds is 6. The van der Waals surface area contributed by atoms with E-state index in [2.05, 4.69) is 4.74 Å². The normalized spacial score (nSPS) is 11.0. The first-order valence-electron chi connectivity index (χ1n) is 7.16. The molecule has 9 heteroatoms. The Labute approximate surface area is 144 Å². The number of nitrogens with zero attached hydrogens (tertiary/aromatic N) is 2. The van der Waals surface area contributed by atoms with E-state index in [4.69, 9.17) is 0 Å². The van der Waals surface area contributed by atoms with Crippen LogP contribution in [-0.2, 0) is 19.6 Å². The Morgan fingerprint density at radius 2 is 1.88 bits per heavy atom. The van der Waals surface area contributed by atoms with Crippen molar-refractivity contribution in [3.05, 3.63) is 64.2 Å². The smallest absolute Gasteiger partial charge is 0.326 e. The van der Waals surface area contributed by atoms with E-state index in [1.165, 1.54) is 24.3 Å². The number of esters is 1. The van der Waals surface area contributed by atoms with Gasteiger partial charge in [-0.05, 0) is 30.7 Å². The number of methoxy groups -OCH3 is 1. The van der Waals surface area contributed by atoms with Crippen LogP contribution in [0.5, 0.6) is 0 Å². The molecule has 0 atom stereocenters. The van der Waals surface area contributed by atoms with Gasteiger partial charge in [-0.15, -0.1) is 0 Å². The van der Waals surface area contributed by atoms with Gasteiger partial charge >= 0.3 is 5.97 Å². The van der Waals surface area contributed by atoms with Gasteiger partial charge in [-0.2, -0.15) is 0 Å². The van der Waals surface area contributed by atoms with E-state index in [0.29, 0.717) is 0 Å². The molecule has 0 saturated carbocycles. The first kappa shape index (κ1) is 18.4. The van der Waals surface area contributed by atoms with Gasteiger partial charge in [-0.1, -0.05) is 18.2 Å². The lowest BCUT2D eigenvalue weighted by molar-refractivity contribution is -0.385. The average Bonchev–Trinajstić information content (AvgIpc) is 2.59. The van der Waals surface area contributed by atoms with Gasteiger partial charge in [0.25, 0.3) is 15.7 Å². The van der Waals surface area contributed by atoms with E-state index in [1.54, 1.807) is 25.1 Å². The van der Waals surface area contributed by atoms with Crippen molar-refractivity contribution in [3.63, 3.8) is 0 Å². The van der Waals surface area contributed by atoms with Crippen molar-refractivity contribution >= 4 is 27.4 Å².